The minimum atomic E-state index is -0.00341. The summed E-state index contributed by atoms with van der Waals surface area (Å²) in [6.07, 6.45) is 4.49. The van der Waals surface area contributed by atoms with Gasteiger partial charge in [-0.25, -0.2) is 4.98 Å². The highest BCUT2D eigenvalue weighted by atomic mass is 16.5. The zero-order valence-corrected chi connectivity index (χ0v) is 22.8. The SMILES string of the molecule is COc1cc(OCc2cccc(-c3ccccc3)c2C)cc(OC)c1CNCCC(=O)NCCc1cnc[nH]1. The maximum atomic E-state index is 12.1. The van der Waals surface area contributed by atoms with Gasteiger partial charge >= 0.3 is 0 Å². The molecule has 0 saturated heterocycles. The van der Waals surface area contributed by atoms with Crippen LogP contribution < -0.4 is 24.8 Å². The number of rotatable bonds is 14. The third-order valence-corrected chi connectivity index (χ3v) is 6.61. The molecule has 204 valence electrons. The molecule has 4 aromatic rings. The number of carbonyl (C=O) groups is 1. The van der Waals surface area contributed by atoms with E-state index >= 15 is 0 Å². The highest BCUT2D eigenvalue weighted by Gasteiger charge is 2.14. The Hall–Kier alpha value is -4.30. The standard InChI is InChI=1S/C31H36N4O4/c1-22-24(10-7-11-27(22)23-8-5-4-6-9-23)20-39-26-16-29(37-2)28(30(17-26)38-3)19-32-14-13-31(36)34-15-12-25-18-33-21-35-25/h4-11,16-18,21,32H,12-15,19-20H2,1-3H3,(H,33,35)(H,34,36). The Balaban J connectivity index is 1.32. The molecule has 1 amide bonds. The molecule has 0 unspecified atom stereocenters. The van der Waals surface area contributed by atoms with Crippen LogP contribution in [-0.4, -0.2) is 43.2 Å². The van der Waals surface area contributed by atoms with Crippen LogP contribution in [0.3, 0.4) is 0 Å². The second-order valence-corrected chi connectivity index (χ2v) is 9.15. The molecule has 0 radical (unpaired) electrons. The van der Waals surface area contributed by atoms with Crippen LogP contribution in [0.2, 0.25) is 0 Å². The summed E-state index contributed by atoms with van der Waals surface area (Å²) in [5, 5.41) is 6.24. The number of nitrogens with zero attached hydrogens (tertiary/aromatic N) is 1. The van der Waals surface area contributed by atoms with Crippen LogP contribution in [0.5, 0.6) is 17.2 Å². The lowest BCUT2D eigenvalue weighted by Crippen LogP contribution is -2.29. The number of benzene rings is 3. The van der Waals surface area contributed by atoms with E-state index in [1.807, 2.05) is 30.3 Å². The predicted octanol–water partition coefficient (Wildman–Crippen LogP) is 4.82. The van der Waals surface area contributed by atoms with Crippen molar-refractivity contribution in [1.82, 2.24) is 20.6 Å². The Morgan fingerprint density at radius 1 is 0.974 bits per heavy atom. The molecule has 8 nitrogen and oxygen atoms in total. The van der Waals surface area contributed by atoms with Crippen molar-refractivity contribution in [3.8, 4) is 28.4 Å². The predicted molar refractivity (Wildman–Crippen MR) is 152 cm³/mol. The molecule has 0 aliphatic rings. The number of carbonyl (C=O) groups excluding carboxylic acids is 1. The first-order valence-corrected chi connectivity index (χ1v) is 13.0. The smallest absolute Gasteiger partial charge is 0.221 e. The molecule has 0 fully saturated rings. The largest absolute Gasteiger partial charge is 0.496 e. The lowest BCUT2D eigenvalue weighted by Gasteiger charge is -2.17. The number of ether oxygens (including phenoxy) is 3. The van der Waals surface area contributed by atoms with Crippen molar-refractivity contribution >= 4 is 5.91 Å². The summed E-state index contributed by atoms with van der Waals surface area (Å²) >= 11 is 0. The molecule has 0 aliphatic heterocycles. The number of hydrogen-bond donors (Lipinski definition) is 3. The second kappa shape index (κ2) is 14.0. The van der Waals surface area contributed by atoms with Crippen molar-refractivity contribution < 1.29 is 19.0 Å². The highest BCUT2D eigenvalue weighted by Crippen LogP contribution is 2.35. The van der Waals surface area contributed by atoms with E-state index in [-0.39, 0.29) is 5.91 Å². The fraction of sp³-hybridized carbons (Fsp3) is 0.290. The zero-order valence-electron chi connectivity index (χ0n) is 22.8. The van der Waals surface area contributed by atoms with Crippen molar-refractivity contribution in [1.29, 1.82) is 0 Å². The lowest BCUT2D eigenvalue weighted by atomic mass is 9.97. The molecule has 0 bridgehead atoms. The van der Waals surface area contributed by atoms with Gasteiger partial charge in [-0.15, -0.1) is 0 Å². The molecule has 3 N–H and O–H groups in total. The maximum absolute atomic E-state index is 12.1. The topological polar surface area (TPSA) is 97.5 Å². The Morgan fingerprint density at radius 3 is 2.44 bits per heavy atom. The molecule has 0 atom stereocenters. The van der Waals surface area contributed by atoms with Crippen molar-refractivity contribution in [3.63, 3.8) is 0 Å². The number of amides is 1. The summed E-state index contributed by atoms with van der Waals surface area (Å²) in [5.41, 5.74) is 6.55. The summed E-state index contributed by atoms with van der Waals surface area (Å²) in [6, 6.07) is 20.4. The van der Waals surface area contributed by atoms with Crippen LogP contribution in [0.4, 0.5) is 0 Å². The first kappa shape index (κ1) is 27.7. The second-order valence-electron chi connectivity index (χ2n) is 9.15. The van der Waals surface area contributed by atoms with E-state index in [1.54, 1.807) is 26.7 Å². The Kier molecular flexibility index (Phi) is 9.97. The fourth-order valence-electron chi connectivity index (χ4n) is 4.41. The number of aromatic amines is 1. The first-order valence-electron chi connectivity index (χ1n) is 13.0. The van der Waals surface area contributed by atoms with Gasteiger partial charge in [-0.05, 0) is 29.2 Å². The third kappa shape index (κ3) is 7.61. The summed E-state index contributed by atoms with van der Waals surface area (Å²) in [7, 11) is 3.26. The van der Waals surface area contributed by atoms with Gasteiger partial charge in [-0.2, -0.15) is 0 Å². The van der Waals surface area contributed by atoms with E-state index in [0.29, 0.717) is 49.9 Å². The van der Waals surface area contributed by atoms with Gasteiger partial charge in [0.25, 0.3) is 0 Å². The first-order chi connectivity index (χ1) is 19.1. The van der Waals surface area contributed by atoms with Crippen LogP contribution in [0.15, 0.2) is 73.2 Å². The zero-order chi connectivity index (χ0) is 27.5. The number of aromatic nitrogens is 2. The average Bonchev–Trinajstić information content (AvgIpc) is 3.49. The molecule has 1 heterocycles. The summed E-state index contributed by atoms with van der Waals surface area (Å²) in [4.78, 5) is 19.1. The number of nitrogens with one attached hydrogen (secondary N) is 3. The van der Waals surface area contributed by atoms with Crippen LogP contribution in [0.1, 0.15) is 28.8 Å². The maximum Gasteiger partial charge on any atom is 0.221 e. The van der Waals surface area contributed by atoms with Crippen molar-refractivity contribution in [2.45, 2.75) is 32.9 Å². The molecule has 4 rings (SSSR count). The van der Waals surface area contributed by atoms with Gasteiger partial charge in [-0.3, -0.25) is 4.79 Å². The molecule has 8 heteroatoms. The van der Waals surface area contributed by atoms with Gasteiger partial charge in [0.05, 0.1) is 26.1 Å². The number of hydrogen-bond acceptors (Lipinski definition) is 6. The lowest BCUT2D eigenvalue weighted by molar-refractivity contribution is -0.120. The quantitative estimate of drug-likeness (QED) is 0.203. The van der Waals surface area contributed by atoms with Gasteiger partial charge in [0.2, 0.25) is 5.91 Å². The van der Waals surface area contributed by atoms with E-state index in [9.17, 15) is 4.79 Å². The summed E-state index contributed by atoms with van der Waals surface area (Å²) in [5.74, 6) is 1.98. The van der Waals surface area contributed by atoms with Gasteiger partial charge < -0.3 is 29.8 Å². The molecule has 1 aromatic heterocycles. The Labute approximate surface area is 229 Å². The van der Waals surface area contributed by atoms with Crippen molar-refractivity contribution in [2.24, 2.45) is 0 Å². The third-order valence-electron chi connectivity index (χ3n) is 6.61. The number of H-pyrrole nitrogens is 1. The van der Waals surface area contributed by atoms with E-state index in [1.165, 1.54) is 16.7 Å². The van der Waals surface area contributed by atoms with Crippen LogP contribution in [0.25, 0.3) is 11.1 Å². The molecule has 0 saturated carbocycles. The van der Waals surface area contributed by atoms with Crippen LogP contribution >= 0.6 is 0 Å². The van der Waals surface area contributed by atoms with Crippen molar-refractivity contribution in [3.05, 3.63) is 95.6 Å². The summed E-state index contributed by atoms with van der Waals surface area (Å²) in [6.45, 7) is 4.13. The molecule has 39 heavy (non-hydrogen) atoms. The van der Waals surface area contributed by atoms with Crippen LogP contribution in [-0.2, 0) is 24.4 Å². The normalized spacial score (nSPS) is 10.7. The van der Waals surface area contributed by atoms with E-state index in [4.69, 9.17) is 14.2 Å². The molecule has 0 spiro atoms. The van der Waals surface area contributed by atoms with Gasteiger partial charge in [0.15, 0.2) is 0 Å². The molecule has 3 aromatic carbocycles. The van der Waals surface area contributed by atoms with Gasteiger partial charge in [-0.1, -0.05) is 48.5 Å². The van der Waals surface area contributed by atoms with E-state index in [2.05, 4.69) is 57.9 Å². The highest BCUT2D eigenvalue weighted by molar-refractivity contribution is 5.76. The monoisotopic (exact) mass is 528 g/mol. The minimum Gasteiger partial charge on any atom is -0.496 e. The fourth-order valence-corrected chi connectivity index (χ4v) is 4.41. The number of methoxy groups -OCH3 is 2. The van der Waals surface area contributed by atoms with Crippen LogP contribution in [0, 0.1) is 6.92 Å². The molecular weight excluding hydrogens is 492 g/mol. The summed E-state index contributed by atoms with van der Waals surface area (Å²) < 4.78 is 17.5. The van der Waals surface area contributed by atoms with Gasteiger partial charge in [0.1, 0.15) is 23.9 Å². The average molecular weight is 529 g/mol. The Morgan fingerprint density at radius 2 is 1.74 bits per heavy atom. The number of imidazole rings is 1. The van der Waals surface area contributed by atoms with Gasteiger partial charge in [0, 0.05) is 56.5 Å². The van der Waals surface area contributed by atoms with E-state index in [0.717, 1.165) is 23.2 Å². The van der Waals surface area contributed by atoms with Crippen molar-refractivity contribution in [2.75, 3.05) is 27.3 Å². The molecular formula is C31H36N4O4. The van der Waals surface area contributed by atoms with E-state index < -0.39 is 0 Å². The Bertz CT molecular complexity index is 1320. The minimum absolute atomic E-state index is 0.00341. The molecule has 0 aliphatic carbocycles.